The maximum Gasteiger partial charge on any atom is 0.416 e. The third kappa shape index (κ3) is 3.10. The first-order valence-corrected chi connectivity index (χ1v) is 9.64. The zero-order chi connectivity index (χ0) is 13.9. The number of hydrogen-bond donors (Lipinski definition) is 0. The Hall–Kier alpha value is -0.0331. The van der Waals surface area contributed by atoms with Gasteiger partial charge in [0.15, 0.2) is 13.9 Å². The van der Waals surface area contributed by atoms with Crippen molar-refractivity contribution in [3.05, 3.63) is 0 Å². The van der Waals surface area contributed by atoms with Gasteiger partial charge in [-0.2, -0.15) is 13.2 Å². The smallest absolute Gasteiger partial charge is 0.403 e. The average molecular weight is 282 g/mol. The molecular weight excluding hydrogens is 257 g/mol. The summed E-state index contributed by atoms with van der Waals surface area (Å²) in [5, 5.41) is 0. The van der Waals surface area contributed by atoms with Crippen molar-refractivity contribution in [2.24, 2.45) is 0 Å². The summed E-state index contributed by atoms with van der Waals surface area (Å²) in [7, 11) is -2.21. The summed E-state index contributed by atoms with van der Waals surface area (Å²) in [6.45, 7) is 5.93. The lowest BCUT2D eigenvalue weighted by atomic mass is 9.84. The average Bonchev–Trinajstić information content (AvgIpc) is 2.36. The number of hydrogen-bond acceptors (Lipinski definition) is 1. The molecule has 0 aromatic carbocycles. The largest absolute Gasteiger partial charge is 0.416 e. The van der Waals surface area contributed by atoms with Crippen LogP contribution in [-0.4, -0.2) is 20.1 Å². The summed E-state index contributed by atoms with van der Waals surface area (Å²) >= 11 is 0. The van der Waals surface area contributed by atoms with E-state index in [0.29, 0.717) is 12.8 Å². The molecule has 0 spiro atoms. The summed E-state index contributed by atoms with van der Waals surface area (Å²) in [6, 6.07) is 2.33. The van der Waals surface area contributed by atoms with Crippen molar-refractivity contribution in [2.45, 2.75) is 82.8 Å². The third-order valence-electron chi connectivity index (χ3n) is 4.52. The van der Waals surface area contributed by atoms with Gasteiger partial charge in [-0.1, -0.05) is 40.0 Å². The van der Waals surface area contributed by atoms with E-state index in [1.54, 1.807) is 0 Å². The third-order valence-corrected chi connectivity index (χ3v) is 9.21. The summed E-state index contributed by atoms with van der Waals surface area (Å²) in [5.74, 6) is 0. The van der Waals surface area contributed by atoms with Gasteiger partial charge in [0.25, 0.3) is 0 Å². The first-order chi connectivity index (χ1) is 8.35. The Morgan fingerprint density at radius 1 is 0.944 bits per heavy atom. The molecule has 1 nitrogen and oxygen atoms in total. The van der Waals surface area contributed by atoms with E-state index >= 15 is 0 Å². The summed E-state index contributed by atoms with van der Waals surface area (Å²) in [4.78, 5) is 0. The molecule has 108 valence electrons. The van der Waals surface area contributed by atoms with Crippen LogP contribution in [0, 0.1) is 0 Å². The molecule has 1 aliphatic rings. The van der Waals surface area contributed by atoms with Gasteiger partial charge in [0.05, 0.1) is 0 Å². The molecule has 1 fully saturated rings. The van der Waals surface area contributed by atoms with Gasteiger partial charge in [-0.05, 0) is 31.0 Å². The molecule has 1 rings (SSSR count). The molecule has 0 amide bonds. The van der Waals surface area contributed by atoms with E-state index in [1.165, 1.54) is 0 Å². The molecule has 0 aromatic heterocycles. The van der Waals surface area contributed by atoms with Crippen LogP contribution in [0.5, 0.6) is 0 Å². The van der Waals surface area contributed by atoms with Gasteiger partial charge in [-0.25, -0.2) is 0 Å². The fraction of sp³-hybridized carbons (Fsp3) is 1.00. The number of alkyl halides is 3. The fourth-order valence-electron chi connectivity index (χ4n) is 2.95. The van der Waals surface area contributed by atoms with Crippen LogP contribution in [0.15, 0.2) is 0 Å². The van der Waals surface area contributed by atoms with E-state index in [2.05, 4.69) is 0 Å². The van der Waals surface area contributed by atoms with Crippen molar-refractivity contribution in [3.8, 4) is 0 Å². The van der Waals surface area contributed by atoms with Gasteiger partial charge in [0, 0.05) is 0 Å². The lowest BCUT2D eigenvalue weighted by molar-refractivity contribution is -0.262. The SMILES string of the molecule is CC[Si](CC)(CC)OC1(C(F)(F)F)CCCCC1. The summed E-state index contributed by atoms with van der Waals surface area (Å²) < 4.78 is 46.2. The maximum atomic E-state index is 13.4. The lowest BCUT2D eigenvalue weighted by Gasteiger charge is -2.45. The molecule has 1 saturated carbocycles. The molecule has 0 N–H and O–H groups in total. The first kappa shape index (κ1) is 16.0. The van der Waals surface area contributed by atoms with E-state index in [1.807, 2.05) is 20.8 Å². The van der Waals surface area contributed by atoms with E-state index in [-0.39, 0.29) is 12.8 Å². The van der Waals surface area contributed by atoms with Crippen molar-refractivity contribution in [1.82, 2.24) is 0 Å². The van der Waals surface area contributed by atoms with Crippen LogP contribution in [0.4, 0.5) is 13.2 Å². The molecule has 0 saturated heterocycles. The molecule has 1 aliphatic carbocycles. The zero-order valence-corrected chi connectivity index (χ0v) is 12.7. The van der Waals surface area contributed by atoms with Gasteiger partial charge < -0.3 is 4.43 Å². The van der Waals surface area contributed by atoms with E-state index < -0.39 is 20.1 Å². The second-order valence-electron chi connectivity index (χ2n) is 5.40. The Morgan fingerprint density at radius 3 is 1.72 bits per heavy atom. The van der Waals surface area contributed by atoms with Gasteiger partial charge in [0.2, 0.25) is 0 Å². The lowest BCUT2D eigenvalue weighted by Crippen LogP contribution is -2.56. The van der Waals surface area contributed by atoms with Crippen LogP contribution < -0.4 is 0 Å². The maximum absolute atomic E-state index is 13.4. The predicted octanol–water partition coefficient (Wildman–Crippen LogP) is 5.27. The highest BCUT2D eigenvalue weighted by atomic mass is 28.4. The van der Waals surface area contributed by atoms with E-state index in [9.17, 15) is 13.2 Å². The Bertz CT molecular complexity index is 247. The Balaban J connectivity index is 2.97. The van der Waals surface area contributed by atoms with Gasteiger partial charge in [0.1, 0.15) is 0 Å². The molecule has 18 heavy (non-hydrogen) atoms. The molecule has 0 atom stereocenters. The minimum atomic E-state index is -4.22. The number of rotatable bonds is 5. The van der Waals surface area contributed by atoms with E-state index in [4.69, 9.17) is 4.43 Å². The molecule has 0 radical (unpaired) electrons. The van der Waals surface area contributed by atoms with Crippen molar-refractivity contribution in [3.63, 3.8) is 0 Å². The van der Waals surface area contributed by atoms with Gasteiger partial charge in [-0.3, -0.25) is 0 Å². The van der Waals surface area contributed by atoms with Crippen molar-refractivity contribution in [2.75, 3.05) is 0 Å². The normalized spacial score (nSPS) is 21.0. The molecule has 0 heterocycles. The molecular formula is C13H25F3OSi. The van der Waals surface area contributed by atoms with Crippen LogP contribution in [0.25, 0.3) is 0 Å². The monoisotopic (exact) mass is 282 g/mol. The van der Waals surface area contributed by atoms with Crippen molar-refractivity contribution >= 4 is 8.32 Å². The Kier molecular flexibility index (Phi) is 5.29. The second-order valence-corrected chi connectivity index (χ2v) is 10.1. The standard InChI is InChI=1S/C13H25F3OSi/c1-4-18(5-2,6-3)17-12(13(14,15)16)10-8-7-9-11-12/h4-11H2,1-3H3. The Labute approximate surface area is 109 Å². The summed E-state index contributed by atoms with van der Waals surface area (Å²) in [5.41, 5.74) is -1.83. The predicted molar refractivity (Wildman–Crippen MR) is 70.2 cm³/mol. The summed E-state index contributed by atoms with van der Waals surface area (Å²) in [6.07, 6.45) is -1.72. The second kappa shape index (κ2) is 5.95. The van der Waals surface area contributed by atoms with Crippen molar-refractivity contribution < 1.29 is 17.6 Å². The van der Waals surface area contributed by atoms with Gasteiger partial charge in [-0.15, -0.1) is 0 Å². The van der Waals surface area contributed by atoms with Crippen LogP contribution in [0.1, 0.15) is 52.9 Å². The molecule has 5 heteroatoms. The Morgan fingerprint density at radius 2 is 1.39 bits per heavy atom. The van der Waals surface area contributed by atoms with Crippen LogP contribution in [0.3, 0.4) is 0 Å². The molecule has 0 bridgehead atoms. The minimum Gasteiger partial charge on any atom is -0.403 e. The van der Waals surface area contributed by atoms with Gasteiger partial charge >= 0.3 is 6.18 Å². The van der Waals surface area contributed by atoms with Crippen LogP contribution in [0.2, 0.25) is 18.1 Å². The van der Waals surface area contributed by atoms with Crippen LogP contribution >= 0.6 is 0 Å². The van der Waals surface area contributed by atoms with Crippen molar-refractivity contribution in [1.29, 1.82) is 0 Å². The molecule has 0 unspecified atom stereocenters. The molecule has 0 aromatic rings. The highest BCUT2D eigenvalue weighted by Crippen LogP contribution is 2.47. The zero-order valence-electron chi connectivity index (χ0n) is 11.7. The first-order valence-electron chi connectivity index (χ1n) is 7.11. The molecule has 0 aliphatic heterocycles. The topological polar surface area (TPSA) is 9.23 Å². The highest BCUT2D eigenvalue weighted by Gasteiger charge is 2.58. The fourth-order valence-corrected chi connectivity index (χ4v) is 6.03. The highest BCUT2D eigenvalue weighted by molar-refractivity contribution is 6.73. The quantitative estimate of drug-likeness (QED) is 0.624. The minimum absolute atomic E-state index is 0.158. The number of halogens is 3. The van der Waals surface area contributed by atoms with Crippen LogP contribution in [-0.2, 0) is 4.43 Å². The van der Waals surface area contributed by atoms with E-state index in [0.717, 1.165) is 24.6 Å².